The Balaban J connectivity index is 2.02. The van der Waals surface area contributed by atoms with Crippen molar-refractivity contribution in [2.24, 2.45) is 0 Å². The molecular formula is C16H25NO. The van der Waals surface area contributed by atoms with Gasteiger partial charge in [-0.1, -0.05) is 50.3 Å². The van der Waals surface area contributed by atoms with Crippen LogP contribution in [-0.4, -0.2) is 11.1 Å². The zero-order valence-corrected chi connectivity index (χ0v) is 11.4. The fourth-order valence-electron chi connectivity index (χ4n) is 2.81. The SMILES string of the molecule is CC(O)c1ccccc1NC1CCCCCCC1. The minimum atomic E-state index is -0.401. The van der Waals surface area contributed by atoms with Gasteiger partial charge in [-0.25, -0.2) is 0 Å². The van der Waals surface area contributed by atoms with Crippen LogP contribution in [0.25, 0.3) is 0 Å². The molecule has 0 radical (unpaired) electrons. The van der Waals surface area contributed by atoms with Gasteiger partial charge in [0.05, 0.1) is 6.10 Å². The number of benzene rings is 1. The van der Waals surface area contributed by atoms with Crippen molar-refractivity contribution < 1.29 is 5.11 Å². The predicted octanol–water partition coefficient (Wildman–Crippen LogP) is 4.26. The number of para-hydroxylation sites is 1. The summed E-state index contributed by atoms with van der Waals surface area (Å²) in [4.78, 5) is 0. The van der Waals surface area contributed by atoms with Crippen molar-refractivity contribution in [2.75, 3.05) is 5.32 Å². The van der Waals surface area contributed by atoms with E-state index in [4.69, 9.17) is 0 Å². The van der Waals surface area contributed by atoms with Crippen molar-refractivity contribution in [3.05, 3.63) is 29.8 Å². The number of rotatable bonds is 3. The maximum atomic E-state index is 9.79. The summed E-state index contributed by atoms with van der Waals surface area (Å²) < 4.78 is 0. The van der Waals surface area contributed by atoms with Crippen LogP contribution in [0.3, 0.4) is 0 Å². The Morgan fingerprint density at radius 3 is 2.33 bits per heavy atom. The summed E-state index contributed by atoms with van der Waals surface area (Å²) in [5, 5.41) is 13.4. The third-order valence-electron chi connectivity index (χ3n) is 3.88. The summed E-state index contributed by atoms with van der Waals surface area (Å²) in [5.41, 5.74) is 2.12. The van der Waals surface area contributed by atoms with Gasteiger partial charge in [0.2, 0.25) is 0 Å². The van der Waals surface area contributed by atoms with Crippen molar-refractivity contribution >= 4 is 5.69 Å². The van der Waals surface area contributed by atoms with Gasteiger partial charge in [0, 0.05) is 17.3 Å². The Morgan fingerprint density at radius 1 is 1.06 bits per heavy atom. The smallest absolute Gasteiger partial charge is 0.0781 e. The second kappa shape index (κ2) is 6.79. The van der Waals surface area contributed by atoms with Gasteiger partial charge in [0.25, 0.3) is 0 Å². The van der Waals surface area contributed by atoms with E-state index in [1.54, 1.807) is 0 Å². The van der Waals surface area contributed by atoms with Crippen LogP contribution >= 0.6 is 0 Å². The molecule has 1 aromatic rings. The Morgan fingerprint density at radius 2 is 1.67 bits per heavy atom. The van der Waals surface area contributed by atoms with Crippen LogP contribution in [0.4, 0.5) is 5.69 Å². The van der Waals surface area contributed by atoms with Gasteiger partial charge in [0.1, 0.15) is 0 Å². The number of aliphatic hydroxyl groups is 1. The molecule has 18 heavy (non-hydrogen) atoms. The highest BCUT2D eigenvalue weighted by molar-refractivity contribution is 5.52. The average Bonchev–Trinajstić information content (AvgIpc) is 2.33. The zero-order chi connectivity index (χ0) is 12.8. The molecule has 0 spiro atoms. The number of nitrogens with one attached hydrogen (secondary N) is 1. The lowest BCUT2D eigenvalue weighted by Crippen LogP contribution is -2.21. The van der Waals surface area contributed by atoms with E-state index in [-0.39, 0.29) is 0 Å². The number of anilines is 1. The molecule has 2 heteroatoms. The van der Waals surface area contributed by atoms with Crippen LogP contribution in [0.2, 0.25) is 0 Å². The highest BCUT2D eigenvalue weighted by Crippen LogP contribution is 2.26. The molecule has 1 unspecified atom stereocenters. The first-order chi connectivity index (χ1) is 8.77. The first-order valence-electron chi connectivity index (χ1n) is 7.31. The quantitative estimate of drug-likeness (QED) is 0.836. The fraction of sp³-hybridized carbons (Fsp3) is 0.625. The van der Waals surface area contributed by atoms with E-state index in [1.165, 1.54) is 44.9 Å². The van der Waals surface area contributed by atoms with E-state index in [9.17, 15) is 5.11 Å². The molecule has 0 bridgehead atoms. The summed E-state index contributed by atoms with van der Waals surface area (Å²) in [6.07, 6.45) is 8.91. The molecule has 2 nitrogen and oxygen atoms in total. The van der Waals surface area contributed by atoms with Gasteiger partial charge in [-0.15, -0.1) is 0 Å². The predicted molar refractivity (Wildman–Crippen MR) is 76.8 cm³/mol. The highest BCUT2D eigenvalue weighted by Gasteiger charge is 2.14. The van der Waals surface area contributed by atoms with Crippen LogP contribution in [0.15, 0.2) is 24.3 Å². The molecular weight excluding hydrogens is 222 g/mol. The molecule has 1 aliphatic rings. The Bertz CT molecular complexity index is 354. The minimum Gasteiger partial charge on any atom is -0.389 e. The summed E-state index contributed by atoms with van der Waals surface area (Å²) >= 11 is 0. The Labute approximate surface area is 110 Å². The lowest BCUT2D eigenvalue weighted by molar-refractivity contribution is 0.200. The average molecular weight is 247 g/mol. The summed E-state index contributed by atoms with van der Waals surface area (Å²) in [7, 11) is 0. The third-order valence-corrected chi connectivity index (χ3v) is 3.88. The van der Waals surface area contributed by atoms with Crippen LogP contribution in [-0.2, 0) is 0 Å². The van der Waals surface area contributed by atoms with E-state index in [1.807, 2.05) is 25.1 Å². The molecule has 2 N–H and O–H groups in total. The summed E-state index contributed by atoms with van der Waals surface area (Å²) in [5.74, 6) is 0. The van der Waals surface area contributed by atoms with Crippen molar-refractivity contribution in [2.45, 2.75) is 64.0 Å². The Kier molecular flexibility index (Phi) is 5.06. The topological polar surface area (TPSA) is 32.3 Å². The van der Waals surface area contributed by atoms with E-state index in [0.29, 0.717) is 6.04 Å². The van der Waals surface area contributed by atoms with Crippen molar-refractivity contribution in [1.29, 1.82) is 0 Å². The minimum absolute atomic E-state index is 0.401. The van der Waals surface area contributed by atoms with E-state index < -0.39 is 6.10 Å². The standard InChI is InChI=1S/C16H25NO/c1-13(18)15-11-7-8-12-16(15)17-14-9-5-3-2-4-6-10-14/h7-8,11-14,17-18H,2-6,9-10H2,1H3. The van der Waals surface area contributed by atoms with Gasteiger partial charge in [-0.2, -0.15) is 0 Å². The maximum Gasteiger partial charge on any atom is 0.0781 e. The number of hydrogen-bond donors (Lipinski definition) is 2. The molecule has 0 aromatic heterocycles. The molecule has 1 saturated carbocycles. The number of hydrogen-bond acceptors (Lipinski definition) is 2. The summed E-state index contributed by atoms with van der Waals surface area (Å²) in [6.45, 7) is 1.83. The molecule has 0 amide bonds. The number of aliphatic hydroxyl groups excluding tert-OH is 1. The van der Waals surface area contributed by atoms with E-state index in [2.05, 4.69) is 11.4 Å². The van der Waals surface area contributed by atoms with Gasteiger partial charge >= 0.3 is 0 Å². The molecule has 1 aliphatic carbocycles. The zero-order valence-electron chi connectivity index (χ0n) is 11.4. The molecule has 1 fully saturated rings. The summed E-state index contributed by atoms with van der Waals surface area (Å²) in [6, 6.07) is 8.70. The van der Waals surface area contributed by atoms with Gasteiger partial charge in [-0.05, 0) is 25.8 Å². The van der Waals surface area contributed by atoms with Crippen LogP contribution in [0.5, 0.6) is 0 Å². The molecule has 2 rings (SSSR count). The molecule has 1 atom stereocenters. The highest BCUT2D eigenvalue weighted by atomic mass is 16.3. The van der Waals surface area contributed by atoms with Crippen LogP contribution in [0.1, 0.15) is 63.5 Å². The first-order valence-corrected chi connectivity index (χ1v) is 7.31. The molecule has 0 saturated heterocycles. The van der Waals surface area contributed by atoms with Gasteiger partial charge < -0.3 is 10.4 Å². The van der Waals surface area contributed by atoms with Crippen molar-refractivity contribution in [1.82, 2.24) is 0 Å². The molecule has 1 aromatic carbocycles. The lowest BCUT2D eigenvalue weighted by Gasteiger charge is -2.24. The van der Waals surface area contributed by atoms with E-state index in [0.717, 1.165) is 11.3 Å². The first kappa shape index (κ1) is 13.4. The molecule has 0 aliphatic heterocycles. The lowest BCUT2D eigenvalue weighted by atomic mass is 9.96. The van der Waals surface area contributed by atoms with Gasteiger partial charge in [0.15, 0.2) is 0 Å². The van der Waals surface area contributed by atoms with Crippen molar-refractivity contribution in [3.8, 4) is 0 Å². The monoisotopic (exact) mass is 247 g/mol. The fourth-order valence-corrected chi connectivity index (χ4v) is 2.81. The van der Waals surface area contributed by atoms with Crippen LogP contribution < -0.4 is 5.32 Å². The Hall–Kier alpha value is -1.02. The molecule has 0 heterocycles. The van der Waals surface area contributed by atoms with Crippen molar-refractivity contribution in [3.63, 3.8) is 0 Å². The largest absolute Gasteiger partial charge is 0.389 e. The normalized spacial score (nSPS) is 19.9. The maximum absolute atomic E-state index is 9.79. The van der Waals surface area contributed by atoms with Gasteiger partial charge in [-0.3, -0.25) is 0 Å². The second-order valence-corrected chi connectivity index (χ2v) is 5.45. The van der Waals surface area contributed by atoms with E-state index >= 15 is 0 Å². The van der Waals surface area contributed by atoms with Crippen LogP contribution in [0, 0.1) is 0 Å². The third kappa shape index (κ3) is 3.74. The molecule has 100 valence electrons. The second-order valence-electron chi connectivity index (χ2n) is 5.45.